The van der Waals surface area contributed by atoms with Gasteiger partial charge >= 0.3 is 0 Å². The number of nitrogens with one attached hydrogen (secondary N) is 1. The first-order chi connectivity index (χ1) is 12.9. The molecule has 8 nitrogen and oxygen atoms in total. The Morgan fingerprint density at radius 1 is 1.30 bits per heavy atom. The summed E-state index contributed by atoms with van der Waals surface area (Å²) in [7, 11) is 3.93. The number of anilines is 2. The van der Waals surface area contributed by atoms with Gasteiger partial charge in [-0.15, -0.1) is 0 Å². The summed E-state index contributed by atoms with van der Waals surface area (Å²) in [6, 6.07) is 2.15. The van der Waals surface area contributed by atoms with Gasteiger partial charge in [-0.2, -0.15) is 4.98 Å². The van der Waals surface area contributed by atoms with Crippen molar-refractivity contribution < 1.29 is 9.53 Å². The third-order valence-corrected chi connectivity index (χ3v) is 5.07. The lowest BCUT2D eigenvalue weighted by atomic mass is 10.1. The standard InChI is InChI=1S/C19H32N6O2/c1-14-10-25(11-15(2)27-14)18(26)13-24-9-5-6-16(12-24)21-19-20-8-7-17(22-19)23(3)4/h7-8,14-16H,5-6,9-13H2,1-4H3,(H,20,21,22). The zero-order chi connectivity index (χ0) is 19.4. The number of carbonyl (C=O) groups excluding carboxylic acids is 1. The molecular weight excluding hydrogens is 344 g/mol. The number of piperidine rings is 1. The van der Waals surface area contributed by atoms with Crippen LogP contribution in [-0.2, 0) is 9.53 Å². The molecule has 2 aliphatic rings. The number of amides is 1. The highest BCUT2D eigenvalue weighted by atomic mass is 16.5. The fourth-order valence-corrected chi connectivity index (χ4v) is 3.84. The molecule has 0 saturated carbocycles. The summed E-state index contributed by atoms with van der Waals surface area (Å²) in [5.41, 5.74) is 0. The molecule has 150 valence electrons. The monoisotopic (exact) mass is 376 g/mol. The van der Waals surface area contributed by atoms with Crippen molar-refractivity contribution >= 4 is 17.7 Å². The largest absolute Gasteiger partial charge is 0.372 e. The predicted octanol–water partition coefficient (Wildman–Crippen LogP) is 1.05. The first-order valence-electron chi connectivity index (χ1n) is 9.83. The molecule has 2 aliphatic heterocycles. The van der Waals surface area contributed by atoms with Crippen molar-refractivity contribution in [3.63, 3.8) is 0 Å². The molecule has 1 aromatic heterocycles. The van der Waals surface area contributed by atoms with E-state index in [0.717, 1.165) is 31.7 Å². The summed E-state index contributed by atoms with van der Waals surface area (Å²) >= 11 is 0. The molecule has 3 atom stereocenters. The fraction of sp³-hybridized carbons (Fsp3) is 0.737. The van der Waals surface area contributed by atoms with Gasteiger partial charge in [0.1, 0.15) is 5.82 Å². The van der Waals surface area contributed by atoms with Crippen LogP contribution < -0.4 is 10.2 Å². The van der Waals surface area contributed by atoms with Crippen molar-refractivity contribution in [3.05, 3.63) is 12.3 Å². The van der Waals surface area contributed by atoms with Crippen molar-refractivity contribution in [3.8, 4) is 0 Å². The average Bonchev–Trinajstić information content (AvgIpc) is 2.61. The highest BCUT2D eigenvalue weighted by molar-refractivity contribution is 5.78. The van der Waals surface area contributed by atoms with Crippen LogP contribution in [0.15, 0.2) is 12.3 Å². The number of likely N-dealkylation sites (tertiary alicyclic amines) is 1. The minimum absolute atomic E-state index is 0.106. The second kappa shape index (κ2) is 8.84. The van der Waals surface area contributed by atoms with Crippen molar-refractivity contribution in [2.45, 2.75) is 44.9 Å². The summed E-state index contributed by atoms with van der Waals surface area (Å²) in [4.78, 5) is 27.7. The Morgan fingerprint density at radius 2 is 2.04 bits per heavy atom. The number of ether oxygens (including phenoxy) is 1. The molecule has 0 bridgehead atoms. The quantitative estimate of drug-likeness (QED) is 0.823. The average molecular weight is 377 g/mol. The number of nitrogens with zero attached hydrogens (tertiary/aromatic N) is 5. The topological polar surface area (TPSA) is 73.8 Å². The van der Waals surface area contributed by atoms with E-state index >= 15 is 0 Å². The maximum absolute atomic E-state index is 12.7. The maximum atomic E-state index is 12.7. The Balaban J connectivity index is 1.53. The van der Waals surface area contributed by atoms with E-state index in [0.29, 0.717) is 25.6 Å². The summed E-state index contributed by atoms with van der Waals surface area (Å²) in [5, 5.41) is 3.44. The first-order valence-corrected chi connectivity index (χ1v) is 9.83. The first kappa shape index (κ1) is 19.8. The number of aromatic nitrogens is 2. The van der Waals surface area contributed by atoms with Crippen molar-refractivity contribution in [2.75, 3.05) is 57.0 Å². The van der Waals surface area contributed by atoms with Gasteiger partial charge in [-0.25, -0.2) is 4.98 Å². The minimum Gasteiger partial charge on any atom is -0.372 e. The fourth-order valence-electron chi connectivity index (χ4n) is 3.84. The molecule has 0 aliphatic carbocycles. The van der Waals surface area contributed by atoms with Crippen LogP contribution in [0.25, 0.3) is 0 Å². The van der Waals surface area contributed by atoms with Gasteiger partial charge in [0.15, 0.2) is 0 Å². The molecule has 0 radical (unpaired) electrons. The number of morpholine rings is 1. The van der Waals surface area contributed by atoms with Crippen LogP contribution in [0.5, 0.6) is 0 Å². The molecule has 3 unspecified atom stereocenters. The zero-order valence-electron chi connectivity index (χ0n) is 16.9. The lowest BCUT2D eigenvalue weighted by Crippen LogP contribution is -2.52. The van der Waals surface area contributed by atoms with E-state index in [1.165, 1.54) is 0 Å². The van der Waals surface area contributed by atoms with E-state index < -0.39 is 0 Å². The van der Waals surface area contributed by atoms with E-state index in [1.54, 1.807) is 6.20 Å². The maximum Gasteiger partial charge on any atom is 0.236 e. The van der Waals surface area contributed by atoms with Crippen LogP contribution >= 0.6 is 0 Å². The van der Waals surface area contributed by atoms with E-state index in [2.05, 4.69) is 20.2 Å². The van der Waals surface area contributed by atoms with E-state index in [9.17, 15) is 4.79 Å². The third kappa shape index (κ3) is 5.52. The summed E-state index contributed by atoms with van der Waals surface area (Å²) in [6.45, 7) is 7.68. The summed E-state index contributed by atoms with van der Waals surface area (Å²) in [6.07, 6.45) is 4.11. The van der Waals surface area contributed by atoms with Crippen LogP contribution in [0, 0.1) is 0 Å². The molecule has 3 rings (SSSR count). The third-order valence-electron chi connectivity index (χ3n) is 5.07. The Morgan fingerprint density at radius 3 is 2.74 bits per heavy atom. The van der Waals surface area contributed by atoms with E-state index in [1.807, 2.05) is 43.8 Å². The van der Waals surface area contributed by atoms with E-state index in [4.69, 9.17) is 4.74 Å². The second-order valence-electron chi connectivity index (χ2n) is 7.91. The molecule has 8 heteroatoms. The van der Waals surface area contributed by atoms with Crippen LogP contribution in [0.1, 0.15) is 26.7 Å². The molecule has 0 aromatic carbocycles. The van der Waals surface area contributed by atoms with Gasteiger partial charge in [0.05, 0.1) is 18.8 Å². The van der Waals surface area contributed by atoms with Crippen LogP contribution in [-0.4, -0.2) is 90.7 Å². The SMILES string of the molecule is CC1CN(C(=O)CN2CCCC(Nc3nccc(N(C)C)n3)C2)CC(C)O1. The lowest BCUT2D eigenvalue weighted by molar-refractivity contribution is -0.144. The van der Waals surface area contributed by atoms with Crippen LogP contribution in [0.4, 0.5) is 11.8 Å². The van der Waals surface area contributed by atoms with Crippen molar-refractivity contribution in [1.82, 2.24) is 19.8 Å². The molecule has 2 saturated heterocycles. The van der Waals surface area contributed by atoms with Crippen molar-refractivity contribution in [1.29, 1.82) is 0 Å². The second-order valence-corrected chi connectivity index (χ2v) is 7.91. The zero-order valence-corrected chi connectivity index (χ0v) is 16.9. The highest BCUT2D eigenvalue weighted by Crippen LogP contribution is 2.17. The smallest absolute Gasteiger partial charge is 0.236 e. The molecule has 2 fully saturated rings. The van der Waals surface area contributed by atoms with Gasteiger partial charge < -0.3 is 19.9 Å². The predicted molar refractivity (Wildman–Crippen MR) is 106 cm³/mol. The van der Waals surface area contributed by atoms with Crippen LogP contribution in [0.3, 0.4) is 0 Å². The Kier molecular flexibility index (Phi) is 6.49. The molecule has 0 spiro atoms. The Labute approximate surface area is 161 Å². The van der Waals surface area contributed by atoms with Gasteiger partial charge in [-0.1, -0.05) is 0 Å². The number of carbonyl (C=O) groups is 1. The molecular formula is C19H32N6O2. The molecule has 3 heterocycles. The minimum atomic E-state index is 0.106. The summed E-state index contributed by atoms with van der Waals surface area (Å²) in [5.74, 6) is 1.73. The number of hydrogen-bond acceptors (Lipinski definition) is 7. The van der Waals surface area contributed by atoms with E-state index in [-0.39, 0.29) is 24.2 Å². The molecule has 1 aromatic rings. The van der Waals surface area contributed by atoms with Gasteiger partial charge in [0.25, 0.3) is 0 Å². The van der Waals surface area contributed by atoms with Gasteiger partial charge in [-0.3, -0.25) is 9.69 Å². The van der Waals surface area contributed by atoms with Gasteiger partial charge in [0, 0.05) is 46.0 Å². The molecule has 1 amide bonds. The van der Waals surface area contributed by atoms with Crippen molar-refractivity contribution in [2.24, 2.45) is 0 Å². The molecule has 1 N–H and O–H groups in total. The summed E-state index contributed by atoms with van der Waals surface area (Å²) < 4.78 is 5.73. The Hall–Kier alpha value is -1.93. The molecule has 27 heavy (non-hydrogen) atoms. The Bertz CT molecular complexity index is 630. The van der Waals surface area contributed by atoms with Crippen LogP contribution in [0.2, 0.25) is 0 Å². The number of rotatable bonds is 5. The van der Waals surface area contributed by atoms with Gasteiger partial charge in [-0.05, 0) is 39.3 Å². The highest BCUT2D eigenvalue weighted by Gasteiger charge is 2.28. The normalized spacial score (nSPS) is 26.7. The van der Waals surface area contributed by atoms with Gasteiger partial charge in [0.2, 0.25) is 11.9 Å². The number of hydrogen-bond donors (Lipinski definition) is 1. The lowest BCUT2D eigenvalue weighted by Gasteiger charge is -2.38.